The van der Waals surface area contributed by atoms with Gasteiger partial charge in [-0.25, -0.2) is 0 Å². The third kappa shape index (κ3) is 4.23. The molecule has 1 saturated carbocycles. The van der Waals surface area contributed by atoms with Crippen LogP contribution in [-0.2, 0) is 11.3 Å². The highest BCUT2D eigenvalue weighted by molar-refractivity contribution is 6.31. The van der Waals surface area contributed by atoms with E-state index in [2.05, 4.69) is 15.0 Å². The van der Waals surface area contributed by atoms with Crippen LogP contribution in [0, 0.1) is 12.8 Å². The normalized spacial score (nSPS) is 21.3. The predicted molar refractivity (Wildman–Crippen MR) is 119 cm³/mol. The number of halogens is 1. The summed E-state index contributed by atoms with van der Waals surface area (Å²) in [6.45, 7) is 5.70. The SMILES string of the molecule is Cc1ccccc1-c1noc(CN2CCN(C(=O)C3CC3c3ccccc3Cl)CC2)n1. The highest BCUT2D eigenvalue weighted by Crippen LogP contribution is 2.50. The number of hydrogen-bond acceptors (Lipinski definition) is 5. The molecule has 1 amide bonds. The smallest absolute Gasteiger partial charge is 0.241 e. The Morgan fingerprint density at radius 2 is 1.84 bits per heavy atom. The van der Waals surface area contributed by atoms with Gasteiger partial charge in [0, 0.05) is 42.7 Å². The molecule has 2 aliphatic rings. The van der Waals surface area contributed by atoms with Gasteiger partial charge in [-0.1, -0.05) is 59.2 Å². The topological polar surface area (TPSA) is 62.5 Å². The van der Waals surface area contributed by atoms with Crippen molar-refractivity contribution in [2.45, 2.75) is 25.8 Å². The number of nitrogens with zero attached hydrogens (tertiary/aromatic N) is 4. The monoisotopic (exact) mass is 436 g/mol. The standard InChI is InChI=1S/C24H25ClN4O2/c1-16-6-2-3-7-17(16)23-26-22(31-27-23)15-28-10-12-29(13-11-28)24(30)20-14-19(20)18-8-4-5-9-21(18)25/h2-9,19-20H,10-15H2,1H3. The highest BCUT2D eigenvalue weighted by Gasteiger charge is 2.46. The number of benzene rings is 2. The van der Waals surface area contributed by atoms with E-state index in [1.165, 1.54) is 0 Å². The summed E-state index contributed by atoms with van der Waals surface area (Å²) < 4.78 is 5.48. The lowest BCUT2D eigenvalue weighted by Crippen LogP contribution is -2.48. The maximum Gasteiger partial charge on any atom is 0.241 e. The molecule has 1 aliphatic carbocycles. The van der Waals surface area contributed by atoms with Crippen LogP contribution in [0.3, 0.4) is 0 Å². The van der Waals surface area contributed by atoms with Crippen LogP contribution in [0.1, 0.15) is 29.4 Å². The van der Waals surface area contributed by atoms with Crippen molar-refractivity contribution in [1.82, 2.24) is 19.9 Å². The first-order chi connectivity index (χ1) is 15.1. The lowest BCUT2D eigenvalue weighted by molar-refractivity contribution is -0.134. The van der Waals surface area contributed by atoms with Gasteiger partial charge >= 0.3 is 0 Å². The van der Waals surface area contributed by atoms with Gasteiger partial charge in [-0.05, 0) is 36.5 Å². The number of aromatic nitrogens is 2. The fourth-order valence-corrected chi connectivity index (χ4v) is 4.67. The predicted octanol–water partition coefficient (Wildman–Crippen LogP) is 4.15. The molecule has 0 bridgehead atoms. The van der Waals surface area contributed by atoms with Gasteiger partial charge in [0.2, 0.25) is 17.6 Å². The molecule has 2 atom stereocenters. The minimum Gasteiger partial charge on any atom is -0.340 e. The number of rotatable bonds is 5. The van der Waals surface area contributed by atoms with Gasteiger partial charge < -0.3 is 9.42 Å². The van der Waals surface area contributed by atoms with Crippen LogP contribution in [0.25, 0.3) is 11.4 Å². The third-order valence-electron chi connectivity index (χ3n) is 6.31. The molecule has 1 aliphatic heterocycles. The minimum atomic E-state index is 0.0686. The van der Waals surface area contributed by atoms with Crippen LogP contribution in [0.2, 0.25) is 5.02 Å². The van der Waals surface area contributed by atoms with E-state index in [-0.39, 0.29) is 17.7 Å². The van der Waals surface area contributed by atoms with Crippen LogP contribution >= 0.6 is 11.6 Å². The summed E-state index contributed by atoms with van der Waals surface area (Å²) >= 11 is 6.31. The van der Waals surface area contributed by atoms with Crippen LogP contribution in [0.4, 0.5) is 0 Å². The maximum absolute atomic E-state index is 12.9. The van der Waals surface area contributed by atoms with E-state index < -0.39 is 0 Å². The maximum atomic E-state index is 12.9. The van der Waals surface area contributed by atoms with Crippen molar-refractivity contribution < 1.29 is 9.32 Å². The Morgan fingerprint density at radius 1 is 1.10 bits per heavy atom. The van der Waals surface area contributed by atoms with E-state index >= 15 is 0 Å². The van der Waals surface area contributed by atoms with Gasteiger partial charge in [-0.3, -0.25) is 9.69 Å². The molecule has 0 spiro atoms. The first-order valence-corrected chi connectivity index (χ1v) is 11.1. The van der Waals surface area contributed by atoms with Crippen LogP contribution in [-0.4, -0.2) is 52.0 Å². The summed E-state index contributed by atoms with van der Waals surface area (Å²) in [6, 6.07) is 15.9. The van der Waals surface area contributed by atoms with Gasteiger partial charge in [0.1, 0.15) is 0 Å². The average molecular weight is 437 g/mol. The number of aryl methyl sites for hydroxylation is 1. The van der Waals surface area contributed by atoms with E-state index in [4.69, 9.17) is 16.1 Å². The molecule has 31 heavy (non-hydrogen) atoms. The quantitative estimate of drug-likeness (QED) is 0.601. The van der Waals surface area contributed by atoms with Crippen LogP contribution in [0.15, 0.2) is 53.1 Å². The highest BCUT2D eigenvalue weighted by atomic mass is 35.5. The van der Waals surface area contributed by atoms with Gasteiger partial charge in [-0.2, -0.15) is 4.98 Å². The molecule has 160 valence electrons. The summed E-state index contributed by atoms with van der Waals surface area (Å²) in [5.41, 5.74) is 3.21. The minimum absolute atomic E-state index is 0.0686. The number of amides is 1. The fraction of sp³-hybridized carbons (Fsp3) is 0.375. The Balaban J connectivity index is 1.14. The lowest BCUT2D eigenvalue weighted by Gasteiger charge is -2.34. The van der Waals surface area contributed by atoms with Gasteiger partial charge in [0.15, 0.2) is 0 Å². The summed E-state index contributed by atoms with van der Waals surface area (Å²) in [6.07, 6.45) is 0.895. The molecular formula is C24H25ClN4O2. The van der Waals surface area contributed by atoms with Crippen molar-refractivity contribution in [3.8, 4) is 11.4 Å². The van der Waals surface area contributed by atoms with Crippen LogP contribution in [0.5, 0.6) is 0 Å². The second kappa shape index (κ2) is 8.44. The zero-order valence-electron chi connectivity index (χ0n) is 17.5. The van der Waals surface area contributed by atoms with Gasteiger partial charge in [0.05, 0.1) is 6.54 Å². The summed E-state index contributed by atoms with van der Waals surface area (Å²) in [5, 5.41) is 4.90. The van der Waals surface area contributed by atoms with Gasteiger partial charge in [0.25, 0.3) is 0 Å². The molecule has 2 fully saturated rings. The van der Waals surface area contributed by atoms with E-state index in [0.717, 1.165) is 54.3 Å². The molecular weight excluding hydrogens is 412 g/mol. The molecule has 2 unspecified atom stereocenters. The average Bonchev–Trinajstić information content (AvgIpc) is 3.45. The number of hydrogen-bond donors (Lipinski definition) is 0. The van der Waals surface area contributed by atoms with Crippen molar-refractivity contribution in [2.75, 3.05) is 26.2 Å². The van der Waals surface area contributed by atoms with Crippen molar-refractivity contribution in [1.29, 1.82) is 0 Å². The second-order valence-electron chi connectivity index (χ2n) is 8.40. The van der Waals surface area contributed by atoms with E-state index in [1.807, 2.05) is 60.4 Å². The summed E-state index contributed by atoms with van der Waals surface area (Å²) in [5.74, 6) is 1.82. The summed E-state index contributed by atoms with van der Waals surface area (Å²) in [7, 11) is 0. The number of carbonyl (C=O) groups excluding carboxylic acids is 1. The van der Waals surface area contributed by atoms with E-state index in [0.29, 0.717) is 18.3 Å². The molecule has 2 heterocycles. The number of piperazine rings is 1. The molecule has 5 rings (SSSR count). The molecule has 1 saturated heterocycles. The molecule has 0 radical (unpaired) electrons. The van der Waals surface area contributed by atoms with Crippen molar-refractivity contribution in [2.24, 2.45) is 5.92 Å². The third-order valence-corrected chi connectivity index (χ3v) is 6.65. The van der Waals surface area contributed by atoms with Crippen molar-refractivity contribution in [3.05, 3.63) is 70.6 Å². The fourth-order valence-electron chi connectivity index (χ4n) is 4.39. The van der Waals surface area contributed by atoms with Crippen LogP contribution < -0.4 is 0 Å². The van der Waals surface area contributed by atoms with Crippen molar-refractivity contribution in [3.63, 3.8) is 0 Å². The molecule has 7 heteroatoms. The Bertz CT molecular complexity index is 1090. The van der Waals surface area contributed by atoms with E-state index in [1.54, 1.807) is 0 Å². The second-order valence-corrected chi connectivity index (χ2v) is 8.81. The Hall–Kier alpha value is -2.70. The Morgan fingerprint density at radius 3 is 2.61 bits per heavy atom. The largest absolute Gasteiger partial charge is 0.340 e. The first kappa shape index (κ1) is 20.2. The van der Waals surface area contributed by atoms with Gasteiger partial charge in [-0.15, -0.1) is 0 Å². The number of carbonyl (C=O) groups is 1. The zero-order chi connectivity index (χ0) is 21.4. The van der Waals surface area contributed by atoms with E-state index in [9.17, 15) is 4.79 Å². The molecule has 0 N–H and O–H groups in total. The molecule has 2 aromatic carbocycles. The Kier molecular flexibility index (Phi) is 5.50. The van der Waals surface area contributed by atoms with Crippen molar-refractivity contribution >= 4 is 17.5 Å². The summed E-state index contributed by atoms with van der Waals surface area (Å²) in [4.78, 5) is 21.8. The molecule has 1 aromatic heterocycles. The first-order valence-electron chi connectivity index (χ1n) is 10.7. The Labute approximate surface area is 186 Å². The molecule has 3 aromatic rings. The zero-order valence-corrected chi connectivity index (χ0v) is 18.3. The molecule has 6 nitrogen and oxygen atoms in total. The lowest BCUT2D eigenvalue weighted by atomic mass is 10.1.